The predicted molar refractivity (Wildman–Crippen MR) is 154 cm³/mol. The molecule has 0 saturated heterocycles. The van der Waals surface area contributed by atoms with Crippen LogP contribution in [-0.2, 0) is 26.2 Å². The Bertz CT molecular complexity index is 1410. The highest BCUT2D eigenvalue weighted by Gasteiger charge is 2.34. The maximum Gasteiger partial charge on any atom is 0.264 e. The van der Waals surface area contributed by atoms with Crippen molar-refractivity contribution in [3.63, 3.8) is 0 Å². The number of hydrogen-bond acceptors (Lipinski definition) is 5. The number of sulfonamides is 1. The summed E-state index contributed by atoms with van der Waals surface area (Å²) in [7, 11) is -1.10. The Balaban J connectivity index is 2.09. The van der Waals surface area contributed by atoms with E-state index in [0.717, 1.165) is 15.4 Å². The molecule has 0 spiro atoms. The molecule has 0 aliphatic carbocycles. The second-order valence-corrected chi connectivity index (χ2v) is 11.5. The van der Waals surface area contributed by atoms with Gasteiger partial charge in [-0.1, -0.05) is 54.4 Å². The number of ether oxygens (including phenoxy) is 1. The lowest BCUT2D eigenvalue weighted by atomic mass is 10.1. The molecule has 3 aromatic carbocycles. The summed E-state index contributed by atoms with van der Waals surface area (Å²) in [5, 5.41) is 2.95. The van der Waals surface area contributed by atoms with Crippen molar-refractivity contribution in [2.75, 3.05) is 25.0 Å². The van der Waals surface area contributed by atoms with E-state index in [9.17, 15) is 18.0 Å². The quantitative estimate of drug-likeness (QED) is 0.359. The SMILES string of the molecule is CCC(C(=O)NC)N(Cc1ccc(OC)cc1)C(=O)CN(c1cc(Cl)ccc1C)S(=O)(=O)c1ccc(C)cc1. The molecular weight excluding hydrogens is 538 g/mol. The molecule has 2 amide bonds. The fourth-order valence-corrected chi connectivity index (χ4v) is 5.85. The van der Waals surface area contributed by atoms with Gasteiger partial charge in [0.1, 0.15) is 18.3 Å². The topological polar surface area (TPSA) is 96.0 Å². The van der Waals surface area contributed by atoms with Crippen molar-refractivity contribution in [3.05, 3.63) is 88.4 Å². The molecular formula is C29H34ClN3O5S. The van der Waals surface area contributed by atoms with Crippen LogP contribution in [0.3, 0.4) is 0 Å². The summed E-state index contributed by atoms with van der Waals surface area (Å²) in [4.78, 5) is 28.3. The molecule has 10 heteroatoms. The van der Waals surface area contributed by atoms with E-state index in [1.807, 2.05) is 6.92 Å². The molecule has 0 heterocycles. The van der Waals surface area contributed by atoms with Crippen molar-refractivity contribution < 1.29 is 22.7 Å². The smallest absolute Gasteiger partial charge is 0.264 e. The van der Waals surface area contributed by atoms with Crippen molar-refractivity contribution in [2.45, 2.75) is 44.7 Å². The van der Waals surface area contributed by atoms with Crippen molar-refractivity contribution in [2.24, 2.45) is 0 Å². The molecule has 1 unspecified atom stereocenters. The van der Waals surface area contributed by atoms with Crippen LogP contribution in [0, 0.1) is 13.8 Å². The molecule has 0 radical (unpaired) electrons. The van der Waals surface area contributed by atoms with Gasteiger partial charge in [0.05, 0.1) is 17.7 Å². The lowest BCUT2D eigenvalue weighted by molar-refractivity contribution is -0.140. The third-order valence-electron chi connectivity index (χ3n) is 6.47. The fourth-order valence-electron chi connectivity index (χ4n) is 4.22. The summed E-state index contributed by atoms with van der Waals surface area (Å²) in [5.74, 6) is -0.218. The minimum absolute atomic E-state index is 0.0420. The first-order valence-corrected chi connectivity index (χ1v) is 14.3. The molecule has 0 aliphatic heterocycles. The van der Waals surface area contributed by atoms with Crippen LogP contribution >= 0.6 is 11.6 Å². The van der Waals surface area contributed by atoms with Crippen molar-refractivity contribution in [1.82, 2.24) is 10.2 Å². The highest BCUT2D eigenvalue weighted by molar-refractivity contribution is 7.92. The molecule has 208 valence electrons. The lowest BCUT2D eigenvalue weighted by Gasteiger charge is -2.33. The van der Waals surface area contributed by atoms with Crippen LogP contribution in [0.4, 0.5) is 5.69 Å². The summed E-state index contributed by atoms with van der Waals surface area (Å²) in [5.41, 5.74) is 2.58. The zero-order chi connectivity index (χ0) is 28.7. The number of hydrogen-bond donors (Lipinski definition) is 1. The van der Waals surface area contributed by atoms with Crippen molar-refractivity contribution >= 4 is 39.1 Å². The Morgan fingerprint density at radius 1 is 1.00 bits per heavy atom. The number of methoxy groups -OCH3 is 1. The summed E-state index contributed by atoms with van der Waals surface area (Å²) in [6.07, 6.45) is 0.336. The average molecular weight is 572 g/mol. The number of aryl methyl sites for hydroxylation is 2. The Hall–Kier alpha value is -3.56. The monoisotopic (exact) mass is 571 g/mol. The van der Waals surface area contributed by atoms with Gasteiger partial charge >= 0.3 is 0 Å². The maximum absolute atomic E-state index is 14.0. The molecule has 3 aromatic rings. The van der Waals surface area contributed by atoms with Gasteiger partial charge in [0.2, 0.25) is 11.8 Å². The van der Waals surface area contributed by atoms with Crippen LogP contribution in [0.5, 0.6) is 5.75 Å². The van der Waals surface area contributed by atoms with Crippen LogP contribution in [0.2, 0.25) is 5.02 Å². The minimum atomic E-state index is -4.17. The second-order valence-electron chi connectivity index (χ2n) is 9.16. The number of benzene rings is 3. The Kier molecular flexibility index (Phi) is 9.99. The number of nitrogens with one attached hydrogen (secondary N) is 1. The third kappa shape index (κ3) is 7.10. The standard InChI is InChI=1S/C29H34ClN3O5S/c1-6-26(29(35)31-4)32(18-22-10-13-24(38-5)14-11-22)28(34)19-33(27-17-23(30)12-9-21(27)3)39(36,37)25-15-7-20(2)8-16-25/h7-17,26H,6,18-19H2,1-5H3,(H,31,35). The van der Waals surface area contributed by atoms with Gasteiger partial charge in [0.25, 0.3) is 10.0 Å². The molecule has 0 bridgehead atoms. The number of likely N-dealkylation sites (N-methyl/N-ethyl adjacent to an activating group) is 1. The molecule has 0 saturated carbocycles. The van der Waals surface area contributed by atoms with Crippen LogP contribution in [0.25, 0.3) is 0 Å². The van der Waals surface area contributed by atoms with E-state index in [-0.39, 0.29) is 23.0 Å². The van der Waals surface area contributed by atoms with Gasteiger partial charge in [-0.15, -0.1) is 0 Å². The van der Waals surface area contributed by atoms with Gasteiger partial charge in [-0.2, -0.15) is 0 Å². The fraction of sp³-hybridized carbons (Fsp3) is 0.310. The third-order valence-corrected chi connectivity index (χ3v) is 8.48. The van der Waals surface area contributed by atoms with E-state index in [1.165, 1.54) is 30.1 Å². The molecule has 3 rings (SSSR count). The number of carbonyl (C=O) groups is 2. The number of rotatable bonds is 11. The highest BCUT2D eigenvalue weighted by Crippen LogP contribution is 2.30. The average Bonchev–Trinajstić information content (AvgIpc) is 2.93. The molecule has 0 aliphatic rings. The number of anilines is 1. The summed E-state index contributed by atoms with van der Waals surface area (Å²) in [6, 6.07) is 17.6. The molecule has 0 fully saturated rings. The molecule has 39 heavy (non-hydrogen) atoms. The van der Waals surface area contributed by atoms with E-state index in [0.29, 0.717) is 22.8 Å². The molecule has 1 atom stereocenters. The number of amides is 2. The predicted octanol–water partition coefficient (Wildman–Crippen LogP) is 4.71. The van der Waals surface area contributed by atoms with Gasteiger partial charge in [0.15, 0.2) is 0 Å². The highest BCUT2D eigenvalue weighted by atomic mass is 35.5. The summed E-state index contributed by atoms with van der Waals surface area (Å²) >= 11 is 6.26. The Morgan fingerprint density at radius 2 is 1.64 bits per heavy atom. The van der Waals surface area contributed by atoms with Gasteiger partial charge in [-0.3, -0.25) is 13.9 Å². The van der Waals surface area contributed by atoms with E-state index < -0.39 is 28.5 Å². The summed E-state index contributed by atoms with van der Waals surface area (Å²) < 4.78 is 34.2. The first kappa shape index (κ1) is 30.0. The Labute approximate surface area is 235 Å². The van der Waals surface area contributed by atoms with Gasteiger partial charge in [0, 0.05) is 18.6 Å². The molecule has 1 N–H and O–H groups in total. The zero-order valence-corrected chi connectivity index (χ0v) is 24.3. The summed E-state index contributed by atoms with van der Waals surface area (Å²) in [6.45, 7) is 4.99. The van der Waals surface area contributed by atoms with Crippen molar-refractivity contribution in [3.8, 4) is 5.75 Å². The van der Waals surface area contributed by atoms with Crippen LogP contribution in [0.1, 0.15) is 30.0 Å². The van der Waals surface area contributed by atoms with E-state index in [2.05, 4.69) is 5.32 Å². The molecule has 8 nitrogen and oxygen atoms in total. The van der Waals surface area contributed by atoms with Crippen LogP contribution in [0.15, 0.2) is 71.6 Å². The lowest BCUT2D eigenvalue weighted by Crippen LogP contribution is -2.51. The largest absolute Gasteiger partial charge is 0.497 e. The van der Waals surface area contributed by atoms with E-state index in [4.69, 9.17) is 16.3 Å². The van der Waals surface area contributed by atoms with Gasteiger partial charge < -0.3 is 15.0 Å². The number of nitrogens with zero attached hydrogens (tertiary/aromatic N) is 2. The first-order chi connectivity index (χ1) is 18.5. The maximum atomic E-state index is 14.0. The van der Waals surface area contributed by atoms with E-state index >= 15 is 0 Å². The van der Waals surface area contributed by atoms with Gasteiger partial charge in [-0.05, 0) is 67.8 Å². The number of carbonyl (C=O) groups excluding carboxylic acids is 2. The Morgan fingerprint density at radius 3 is 2.21 bits per heavy atom. The molecule has 0 aromatic heterocycles. The second kappa shape index (κ2) is 13.0. The minimum Gasteiger partial charge on any atom is -0.497 e. The van der Waals surface area contributed by atoms with E-state index in [1.54, 1.807) is 69.5 Å². The normalized spacial score (nSPS) is 11.9. The van der Waals surface area contributed by atoms with Crippen molar-refractivity contribution in [1.29, 1.82) is 0 Å². The number of halogens is 1. The van der Waals surface area contributed by atoms with Crippen LogP contribution in [-0.4, -0.2) is 51.9 Å². The first-order valence-electron chi connectivity index (χ1n) is 12.5. The van der Waals surface area contributed by atoms with Gasteiger partial charge in [-0.25, -0.2) is 8.42 Å². The van der Waals surface area contributed by atoms with Crippen LogP contribution < -0.4 is 14.4 Å². The zero-order valence-electron chi connectivity index (χ0n) is 22.8.